The van der Waals surface area contributed by atoms with Crippen LogP contribution in [0.5, 0.6) is 5.75 Å². The van der Waals surface area contributed by atoms with Gasteiger partial charge in [0.25, 0.3) is 0 Å². The lowest BCUT2D eigenvalue weighted by molar-refractivity contribution is 0.474. The summed E-state index contributed by atoms with van der Waals surface area (Å²) in [4.78, 5) is 6.68. The van der Waals surface area contributed by atoms with Crippen LogP contribution >= 0.6 is 0 Å². The fourth-order valence-corrected chi connectivity index (χ4v) is 2.27. The first-order chi connectivity index (χ1) is 8.08. The van der Waals surface area contributed by atoms with E-state index < -0.39 is 10.0 Å². The van der Waals surface area contributed by atoms with E-state index in [4.69, 9.17) is 5.11 Å². The highest BCUT2D eigenvalue weighted by Crippen LogP contribution is 2.14. The highest BCUT2D eigenvalue weighted by molar-refractivity contribution is 7.89. The minimum absolute atomic E-state index is 0.0255. The molecule has 3 N–H and O–H groups in total. The van der Waals surface area contributed by atoms with Gasteiger partial charge in [-0.25, -0.2) is 18.1 Å². The molecule has 0 atom stereocenters. The summed E-state index contributed by atoms with van der Waals surface area (Å²) in [5, 5.41) is 9.07. The van der Waals surface area contributed by atoms with Crippen LogP contribution in [-0.4, -0.2) is 23.5 Å². The molecule has 0 aliphatic carbocycles. The van der Waals surface area contributed by atoms with E-state index in [1.54, 1.807) is 6.20 Å². The Kier molecular flexibility index (Phi) is 3.12. The average molecular weight is 253 g/mol. The predicted octanol–water partition coefficient (Wildman–Crippen LogP) is 0.594. The van der Waals surface area contributed by atoms with Gasteiger partial charge in [0.2, 0.25) is 10.0 Å². The third kappa shape index (κ3) is 2.83. The summed E-state index contributed by atoms with van der Waals surface area (Å²) in [6.07, 6.45) is 3.02. The summed E-state index contributed by atoms with van der Waals surface area (Å²) >= 11 is 0. The maximum Gasteiger partial charge on any atom is 0.240 e. The Labute approximate surface area is 98.4 Å². The van der Waals surface area contributed by atoms with E-state index in [1.807, 2.05) is 0 Å². The SMILES string of the molecule is O=S(=O)(NCc1cnc[nH]1)c1ccc(O)cc1. The van der Waals surface area contributed by atoms with Gasteiger partial charge in [-0.3, -0.25) is 0 Å². The highest BCUT2D eigenvalue weighted by atomic mass is 32.2. The number of hydrogen-bond acceptors (Lipinski definition) is 4. The number of sulfonamides is 1. The lowest BCUT2D eigenvalue weighted by Crippen LogP contribution is -2.23. The number of H-pyrrole nitrogens is 1. The van der Waals surface area contributed by atoms with Gasteiger partial charge in [0.15, 0.2) is 0 Å². The van der Waals surface area contributed by atoms with E-state index >= 15 is 0 Å². The van der Waals surface area contributed by atoms with Crippen molar-refractivity contribution in [3.8, 4) is 5.75 Å². The first-order valence-electron chi connectivity index (χ1n) is 4.84. The monoisotopic (exact) mass is 253 g/mol. The van der Waals surface area contributed by atoms with Crippen molar-refractivity contribution in [1.29, 1.82) is 0 Å². The Morgan fingerprint density at radius 2 is 2.00 bits per heavy atom. The van der Waals surface area contributed by atoms with Crippen LogP contribution in [0.25, 0.3) is 0 Å². The number of nitrogens with one attached hydrogen (secondary N) is 2. The fraction of sp³-hybridized carbons (Fsp3) is 0.100. The number of phenols is 1. The Hall–Kier alpha value is -1.86. The molecular formula is C10H11N3O3S. The van der Waals surface area contributed by atoms with Crippen LogP contribution in [0, 0.1) is 0 Å². The molecule has 1 aromatic heterocycles. The van der Waals surface area contributed by atoms with Gasteiger partial charge in [0, 0.05) is 11.9 Å². The smallest absolute Gasteiger partial charge is 0.240 e. The molecule has 1 heterocycles. The largest absolute Gasteiger partial charge is 0.508 e. The molecule has 0 radical (unpaired) electrons. The summed E-state index contributed by atoms with van der Waals surface area (Å²) in [7, 11) is -3.56. The second-order valence-corrected chi connectivity index (χ2v) is 5.16. The minimum atomic E-state index is -3.56. The van der Waals surface area contributed by atoms with Crippen molar-refractivity contribution in [2.45, 2.75) is 11.4 Å². The van der Waals surface area contributed by atoms with Crippen molar-refractivity contribution >= 4 is 10.0 Å². The van der Waals surface area contributed by atoms with Gasteiger partial charge in [0.05, 0.1) is 17.8 Å². The van der Waals surface area contributed by atoms with Crippen LogP contribution in [-0.2, 0) is 16.6 Å². The molecule has 2 rings (SSSR count). The molecule has 0 fully saturated rings. The molecule has 0 saturated carbocycles. The molecule has 6 nitrogen and oxygen atoms in total. The van der Waals surface area contributed by atoms with E-state index in [-0.39, 0.29) is 17.2 Å². The molecule has 90 valence electrons. The molecule has 17 heavy (non-hydrogen) atoms. The Morgan fingerprint density at radius 1 is 1.29 bits per heavy atom. The molecular weight excluding hydrogens is 242 g/mol. The van der Waals surface area contributed by atoms with Crippen molar-refractivity contribution in [1.82, 2.24) is 14.7 Å². The second kappa shape index (κ2) is 4.56. The molecule has 1 aromatic carbocycles. The van der Waals surface area contributed by atoms with Crippen molar-refractivity contribution in [3.63, 3.8) is 0 Å². The van der Waals surface area contributed by atoms with E-state index in [0.29, 0.717) is 5.69 Å². The Bertz CT molecular complexity index is 576. The zero-order valence-electron chi connectivity index (χ0n) is 8.79. The minimum Gasteiger partial charge on any atom is -0.508 e. The molecule has 0 bridgehead atoms. The Balaban J connectivity index is 2.11. The van der Waals surface area contributed by atoms with Gasteiger partial charge in [-0.1, -0.05) is 0 Å². The molecule has 0 aliphatic heterocycles. The molecule has 0 aliphatic rings. The van der Waals surface area contributed by atoms with Crippen LogP contribution in [0.4, 0.5) is 0 Å². The first kappa shape index (κ1) is 11.6. The van der Waals surface area contributed by atoms with E-state index in [0.717, 1.165) is 0 Å². The van der Waals surface area contributed by atoms with Gasteiger partial charge in [-0.05, 0) is 24.3 Å². The number of hydrogen-bond donors (Lipinski definition) is 3. The lowest BCUT2D eigenvalue weighted by atomic mass is 10.3. The van der Waals surface area contributed by atoms with Crippen LogP contribution in [0.1, 0.15) is 5.69 Å². The number of phenolic OH excluding ortho intramolecular Hbond substituents is 1. The number of aromatic nitrogens is 2. The molecule has 0 spiro atoms. The molecule has 0 unspecified atom stereocenters. The average Bonchev–Trinajstić information content (AvgIpc) is 2.80. The normalized spacial score (nSPS) is 11.5. The summed E-state index contributed by atoms with van der Waals surface area (Å²) in [5.74, 6) is 0.0255. The lowest BCUT2D eigenvalue weighted by Gasteiger charge is -2.05. The van der Waals surface area contributed by atoms with Crippen molar-refractivity contribution in [3.05, 3.63) is 42.5 Å². The van der Waals surface area contributed by atoms with Crippen molar-refractivity contribution < 1.29 is 13.5 Å². The number of aromatic hydroxyl groups is 1. The molecule has 2 aromatic rings. The van der Waals surface area contributed by atoms with E-state index in [9.17, 15) is 8.42 Å². The van der Waals surface area contributed by atoms with Crippen molar-refractivity contribution in [2.75, 3.05) is 0 Å². The number of imidazole rings is 1. The van der Waals surface area contributed by atoms with Crippen LogP contribution < -0.4 is 4.72 Å². The van der Waals surface area contributed by atoms with Crippen LogP contribution in [0.2, 0.25) is 0 Å². The molecule has 0 amide bonds. The second-order valence-electron chi connectivity index (χ2n) is 3.40. The number of nitrogens with zero attached hydrogens (tertiary/aromatic N) is 1. The zero-order valence-corrected chi connectivity index (χ0v) is 9.61. The van der Waals surface area contributed by atoms with Crippen LogP contribution in [0.3, 0.4) is 0 Å². The summed E-state index contributed by atoms with van der Waals surface area (Å²) < 4.78 is 26.0. The van der Waals surface area contributed by atoms with Gasteiger partial charge in [0.1, 0.15) is 5.75 Å². The fourth-order valence-electron chi connectivity index (χ4n) is 1.26. The molecule has 0 saturated heterocycles. The third-order valence-electron chi connectivity index (χ3n) is 2.15. The van der Waals surface area contributed by atoms with Gasteiger partial charge in [-0.15, -0.1) is 0 Å². The zero-order chi connectivity index (χ0) is 12.3. The summed E-state index contributed by atoms with van der Waals surface area (Å²) in [6, 6.07) is 5.32. The van der Waals surface area contributed by atoms with Gasteiger partial charge >= 0.3 is 0 Å². The molecule has 7 heteroatoms. The standard InChI is InChI=1S/C10H11N3O3S/c14-9-1-3-10(4-2-9)17(15,16)13-6-8-5-11-7-12-8/h1-5,7,13-14H,6H2,(H,11,12). The number of benzene rings is 1. The van der Waals surface area contributed by atoms with E-state index in [1.165, 1.54) is 30.6 Å². The van der Waals surface area contributed by atoms with Crippen LogP contribution in [0.15, 0.2) is 41.7 Å². The third-order valence-corrected chi connectivity index (χ3v) is 3.57. The maximum atomic E-state index is 11.8. The van der Waals surface area contributed by atoms with E-state index in [2.05, 4.69) is 14.7 Å². The van der Waals surface area contributed by atoms with Gasteiger partial charge in [-0.2, -0.15) is 0 Å². The predicted molar refractivity (Wildman–Crippen MR) is 60.7 cm³/mol. The quantitative estimate of drug-likeness (QED) is 0.743. The number of rotatable bonds is 4. The Morgan fingerprint density at radius 3 is 2.59 bits per heavy atom. The summed E-state index contributed by atoms with van der Waals surface area (Å²) in [5.41, 5.74) is 0.673. The van der Waals surface area contributed by atoms with Gasteiger partial charge < -0.3 is 10.1 Å². The highest BCUT2D eigenvalue weighted by Gasteiger charge is 2.13. The first-order valence-corrected chi connectivity index (χ1v) is 6.32. The number of aromatic amines is 1. The summed E-state index contributed by atoms with van der Waals surface area (Å²) in [6.45, 7) is 0.142. The maximum absolute atomic E-state index is 11.8. The topological polar surface area (TPSA) is 95.1 Å². The van der Waals surface area contributed by atoms with Crippen molar-refractivity contribution in [2.24, 2.45) is 0 Å².